The molecule has 0 aliphatic heterocycles. The second-order valence-corrected chi connectivity index (χ2v) is 4.59. The van der Waals surface area contributed by atoms with Crippen LogP contribution in [0, 0.1) is 15.9 Å². The van der Waals surface area contributed by atoms with Crippen molar-refractivity contribution < 1.29 is 14.6 Å². The predicted molar refractivity (Wildman–Crippen MR) is 73.7 cm³/mol. The van der Waals surface area contributed by atoms with E-state index in [0.29, 0.717) is 6.54 Å². The van der Waals surface area contributed by atoms with Crippen LogP contribution in [0.15, 0.2) is 48.5 Å². The van der Waals surface area contributed by atoms with Crippen LogP contribution >= 0.6 is 0 Å². The van der Waals surface area contributed by atoms with E-state index < -0.39 is 4.92 Å². The number of nitrogens with zero attached hydrogens (tertiary/aromatic N) is 1. The van der Waals surface area contributed by atoms with Gasteiger partial charge in [0, 0.05) is 24.1 Å². The van der Waals surface area contributed by atoms with Crippen LogP contribution in [0.4, 0.5) is 10.1 Å². The second-order valence-electron chi connectivity index (χ2n) is 4.59. The van der Waals surface area contributed by atoms with Gasteiger partial charge in [-0.15, -0.1) is 0 Å². The molecule has 0 saturated carbocycles. The first-order valence-electron chi connectivity index (χ1n) is 6.44. The Kier molecular flexibility index (Phi) is 4.79. The molecule has 5 heteroatoms. The zero-order valence-electron chi connectivity index (χ0n) is 11.0. The van der Waals surface area contributed by atoms with Crippen molar-refractivity contribution >= 4 is 5.69 Å². The SMILES string of the molecule is O=[N+]([O-])c1cccc(C[NH2+]CCc2cccc(F)c2)c1. The molecule has 0 heterocycles. The minimum atomic E-state index is -0.393. The lowest BCUT2D eigenvalue weighted by Crippen LogP contribution is -2.83. The molecule has 0 fully saturated rings. The summed E-state index contributed by atoms with van der Waals surface area (Å²) in [5.41, 5.74) is 1.99. The van der Waals surface area contributed by atoms with Gasteiger partial charge in [-0.05, 0) is 17.7 Å². The maximum absolute atomic E-state index is 13.0. The summed E-state index contributed by atoms with van der Waals surface area (Å²) in [5.74, 6) is -0.221. The van der Waals surface area contributed by atoms with Gasteiger partial charge in [-0.3, -0.25) is 10.1 Å². The molecule has 0 unspecified atom stereocenters. The molecule has 4 nitrogen and oxygen atoms in total. The highest BCUT2D eigenvalue weighted by Crippen LogP contribution is 2.11. The number of benzene rings is 2. The Bertz CT molecular complexity index is 602. The van der Waals surface area contributed by atoms with Gasteiger partial charge in [0.1, 0.15) is 12.4 Å². The molecule has 0 atom stereocenters. The van der Waals surface area contributed by atoms with Gasteiger partial charge in [0.05, 0.1) is 11.5 Å². The van der Waals surface area contributed by atoms with Crippen molar-refractivity contribution in [3.8, 4) is 0 Å². The van der Waals surface area contributed by atoms with Gasteiger partial charge in [-0.1, -0.05) is 24.3 Å². The summed E-state index contributed by atoms with van der Waals surface area (Å²) >= 11 is 0. The fourth-order valence-corrected chi connectivity index (χ4v) is 2.03. The number of halogens is 1. The Morgan fingerprint density at radius 3 is 2.60 bits per heavy atom. The summed E-state index contributed by atoms with van der Waals surface area (Å²) in [6.45, 7) is 1.49. The fraction of sp³-hybridized carbons (Fsp3) is 0.200. The molecule has 0 bridgehead atoms. The van der Waals surface area contributed by atoms with Crippen LogP contribution in [0.5, 0.6) is 0 Å². The molecule has 0 radical (unpaired) electrons. The zero-order valence-corrected chi connectivity index (χ0v) is 11.0. The standard InChI is InChI=1S/C15H15FN2O2/c16-14-5-1-3-12(9-14)7-8-17-11-13-4-2-6-15(10-13)18(19)20/h1-6,9-10,17H,7-8,11H2/p+1. The van der Waals surface area contributed by atoms with E-state index in [1.165, 1.54) is 18.2 Å². The van der Waals surface area contributed by atoms with Gasteiger partial charge < -0.3 is 5.32 Å². The second kappa shape index (κ2) is 6.77. The van der Waals surface area contributed by atoms with Gasteiger partial charge in [0.2, 0.25) is 0 Å². The van der Waals surface area contributed by atoms with Crippen molar-refractivity contribution in [2.45, 2.75) is 13.0 Å². The Balaban J connectivity index is 1.81. The number of hydrogen-bond acceptors (Lipinski definition) is 2. The van der Waals surface area contributed by atoms with Crippen molar-refractivity contribution in [3.63, 3.8) is 0 Å². The van der Waals surface area contributed by atoms with Crippen molar-refractivity contribution in [1.29, 1.82) is 0 Å². The maximum atomic E-state index is 13.0. The molecule has 0 saturated heterocycles. The van der Waals surface area contributed by atoms with Crippen LogP contribution in [0.2, 0.25) is 0 Å². The largest absolute Gasteiger partial charge is 0.342 e. The number of quaternary nitrogens is 1. The van der Waals surface area contributed by atoms with Crippen LogP contribution in [-0.2, 0) is 13.0 Å². The van der Waals surface area contributed by atoms with Crippen LogP contribution in [0.25, 0.3) is 0 Å². The molecule has 0 spiro atoms. The summed E-state index contributed by atoms with van der Waals surface area (Å²) in [4.78, 5) is 10.3. The molecule has 2 rings (SSSR count). The summed E-state index contributed by atoms with van der Waals surface area (Å²) < 4.78 is 13.0. The average Bonchev–Trinajstić information content (AvgIpc) is 2.44. The first kappa shape index (κ1) is 14.1. The molecule has 0 aliphatic rings. The van der Waals surface area contributed by atoms with Crippen LogP contribution in [-0.4, -0.2) is 11.5 Å². The highest BCUT2D eigenvalue weighted by Gasteiger charge is 2.06. The monoisotopic (exact) mass is 275 g/mol. The topological polar surface area (TPSA) is 59.8 Å². The van der Waals surface area contributed by atoms with Gasteiger partial charge in [0.25, 0.3) is 5.69 Å². The van der Waals surface area contributed by atoms with E-state index in [1.807, 2.05) is 12.1 Å². The number of hydrogen-bond donors (Lipinski definition) is 1. The van der Waals surface area contributed by atoms with Gasteiger partial charge in [0.15, 0.2) is 0 Å². The molecule has 2 aromatic carbocycles. The van der Waals surface area contributed by atoms with E-state index in [-0.39, 0.29) is 11.5 Å². The molecule has 2 aromatic rings. The van der Waals surface area contributed by atoms with Crippen LogP contribution in [0.3, 0.4) is 0 Å². The summed E-state index contributed by atoms with van der Waals surface area (Å²) in [5, 5.41) is 12.7. The fourth-order valence-electron chi connectivity index (χ4n) is 2.03. The first-order chi connectivity index (χ1) is 9.65. The molecular weight excluding hydrogens is 259 g/mol. The molecule has 2 N–H and O–H groups in total. The van der Waals surface area contributed by atoms with Crippen molar-refractivity contribution in [2.24, 2.45) is 0 Å². The number of nitro groups is 1. The van der Waals surface area contributed by atoms with Gasteiger partial charge in [-0.25, -0.2) is 4.39 Å². The minimum absolute atomic E-state index is 0.112. The summed E-state index contributed by atoms with van der Waals surface area (Å²) in [6.07, 6.45) is 0.771. The Morgan fingerprint density at radius 1 is 1.10 bits per heavy atom. The van der Waals surface area contributed by atoms with E-state index in [4.69, 9.17) is 0 Å². The van der Waals surface area contributed by atoms with E-state index in [0.717, 1.165) is 24.1 Å². The molecule has 104 valence electrons. The van der Waals surface area contributed by atoms with Gasteiger partial charge in [-0.2, -0.15) is 0 Å². The highest BCUT2D eigenvalue weighted by atomic mass is 19.1. The smallest absolute Gasteiger partial charge is 0.269 e. The molecular formula is C15H16FN2O2+. The Hall–Kier alpha value is -2.27. The quantitative estimate of drug-likeness (QED) is 0.498. The minimum Gasteiger partial charge on any atom is -0.342 e. The normalized spacial score (nSPS) is 10.4. The van der Waals surface area contributed by atoms with E-state index in [9.17, 15) is 14.5 Å². The van der Waals surface area contributed by atoms with E-state index >= 15 is 0 Å². The number of nitro benzene ring substituents is 1. The summed E-state index contributed by atoms with van der Waals surface area (Å²) in [6, 6.07) is 13.2. The Labute approximate surface area is 116 Å². The lowest BCUT2D eigenvalue weighted by molar-refractivity contribution is -0.670. The number of nitrogens with two attached hydrogens (primary N) is 1. The lowest BCUT2D eigenvalue weighted by atomic mass is 10.1. The third kappa shape index (κ3) is 4.13. The third-order valence-electron chi connectivity index (χ3n) is 3.03. The number of rotatable bonds is 6. The lowest BCUT2D eigenvalue weighted by Gasteiger charge is -2.03. The molecule has 20 heavy (non-hydrogen) atoms. The van der Waals surface area contributed by atoms with E-state index in [1.54, 1.807) is 18.2 Å². The Morgan fingerprint density at radius 2 is 1.85 bits per heavy atom. The van der Waals surface area contributed by atoms with Crippen molar-refractivity contribution in [1.82, 2.24) is 0 Å². The molecule has 0 aliphatic carbocycles. The third-order valence-corrected chi connectivity index (χ3v) is 3.03. The molecule has 0 aromatic heterocycles. The van der Waals surface area contributed by atoms with Crippen molar-refractivity contribution in [2.75, 3.05) is 6.54 Å². The predicted octanol–water partition coefficient (Wildman–Crippen LogP) is 2.04. The van der Waals surface area contributed by atoms with Crippen molar-refractivity contribution in [3.05, 3.63) is 75.6 Å². The zero-order chi connectivity index (χ0) is 14.4. The average molecular weight is 275 g/mol. The van der Waals surface area contributed by atoms with Gasteiger partial charge >= 0.3 is 0 Å². The first-order valence-corrected chi connectivity index (χ1v) is 6.44. The highest BCUT2D eigenvalue weighted by molar-refractivity contribution is 5.33. The van der Waals surface area contributed by atoms with E-state index in [2.05, 4.69) is 5.32 Å². The summed E-state index contributed by atoms with van der Waals surface area (Å²) in [7, 11) is 0. The van der Waals surface area contributed by atoms with Crippen LogP contribution in [0.1, 0.15) is 11.1 Å². The maximum Gasteiger partial charge on any atom is 0.269 e. The van der Waals surface area contributed by atoms with Crippen LogP contribution < -0.4 is 5.32 Å². The molecule has 0 amide bonds. The number of non-ortho nitro benzene ring substituents is 1.